The van der Waals surface area contributed by atoms with Crippen molar-refractivity contribution in [3.8, 4) is 11.3 Å². The van der Waals surface area contributed by atoms with Gasteiger partial charge in [-0.25, -0.2) is 4.98 Å². The van der Waals surface area contributed by atoms with Gasteiger partial charge in [0.15, 0.2) is 0 Å². The summed E-state index contributed by atoms with van der Waals surface area (Å²) in [5, 5.41) is 9.39. The molecule has 2 N–H and O–H groups in total. The molecule has 3 rings (SSSR count). The predicted molar refractivity (Wildman–Crippen MR) is 90.0 cm³/mol. The molecule has 5 heteroatoms. The molecule has 0 aliphatic carbocycles. The summed E-state index contributed by atoms with van der Waals surface area (Å²) in [5.74, 6) is 0.132. The first kappa shape index (κ1) is 15.2. The number of nitrogens with zero attached hydrogens (tertiary/aromatic N) is 1. The third kappa shape index (κ3) is 3.72. The van der Waals surface area contributed by atoms with Crippen LogP contribution in [0.4, 0.5) is 0 Å². The number of aromatic nitrogens is 1. The van der Waals surface area contributed by atoms with Crippen LogP contribution in [0.2, 0.25) is 0 Å². The second kappa shape index (κ2) is 7.03. The van der Waals surface area contributed by atoms with Gasteiger partial charge in [-0.1, -0.05) is 24.3 Å². The van der Waals surface area contributed by atoms with E-state index in [1.807, 2.05) is 6.92 Å². The standard InChI is InChI=1S/C17H21N3OS/c1-12-20-16(11-22-12)14-6-4-13(5-7-14)8-10-19-17(21)15-3-2-9-18-15/h4-7,11,15,18H,2-3,8-10H2,1H3,(H,19,21). The number of aryl methyl sites for hydroxylation is 1. The predicted octanol–water partition coefficient (Wildman–Crippen LogP) is 2.53. The Bertz CT molecular complexity index is 630. The van der Waals surface area contributed by atoms with Gasteiger partial charge < -0.3 is 10.6 Å². The third-order valence-corrected chi connectivity index (χ3v) is 4.73. The molecule has 1 fully saturated rings. The minimum absolute atomic E-state index is 0.00952. The number of amides is 1. The Hall–Kier alpha value is -1.72. The lowest BCUT2D eigenvalue weighted by molar-refractivity contribution is -0.122. The minimum Gasteiger partial charge on any atom is -0.354 e. The Morgan fingerprint density at radius 3 is 2.86 bits per heavy atom. The van der Waals surface area contributed by atoms with E-state index in [9.17, 15) is 4.79 Å². The van der Waals surface area contributed by atoms with Crippen LogP contribution < -0.4 is 10.6 Å². The average molecular weight is 315 g/mol. The van der Waals surface area contributed by atoms with Crippen molar-refractivity contribution in [1.82, 2.24) is 15.6 Å². The number of carbonyl (C=O) groups excluding carboxylic acids is 1. The van der Waals surface area contributed by atoms with Gasteiger partial charge in [0.1, 0.15) is 0 Å². The fraction of sp³-hybridized carbons (Fsp3) is 0.412. The third-order valence-electron chi connectivity index (χ3n) is 3.96. The Kier molecular flexibility index (Phi) is 4.85. The van der Waals surface area contributed by atoms with Crippen LogP contribution in [0.3, 0.4) is 0 Å². The highest BCUT2D eigenvalue weighted by molar-refractivity contribution is 7.09. The summed E-state index contributed by atoms with van der Waals surface area (Å²) >= 11 is 1.67. The van der Waals surface area contributed by atoms with Crippen LogP contribution in [0.5, 0.6) is 0 Å². The monoisotopic (exact) mass is 315 g/mol. The lowest BCUT2D eigenvalue weighted by atomic mass is 10.1. The van der Waals surface area contributed by atoms with E-state index in [1.165, 1.54) is 5.56 Å². The summed E-state index contributed by atoms with van der Waals surface area (Å²) in [7, 11) is 0. The molecule has 0 radical (unpaired) electrons. The van der Waals surface area contributed by atoms with Crippen LogP contribution in [0.25, 0.3) is 11.3 Å². The van der Waals surface area contributed by atoms with Crippen LogP contribution in [0.15, 0.2) is 29.6 Å². The molecule has 1 saturated heterocycles. The molecule has 1 unspecified atom stereocenters. The van der Waals surface area contributed by atoms with Crippen LogP contribution in [-0.2, 0) is 11.2 Å². The van der Waals surface area contributed by atoms with Crippen LogP contribution >= 0.6 is 11.3 Å². The van der Waals surface area contributed by atoms with Crippen molar-refractivity contribution in [1.29, 1.82) is 0 Å². The zero-order valence-electron chi connectivity index (χ0n) is 12.8. The maximum absolute atomic E-state index is 11.9. The van der Waals surface area contributed by atoms with Crippen molar-refractivity contribution in [2.24, 2.45) is 0 Å². The summed E-state index contributed by atoms with van der Waals surface area (Å²) in [6.45, 7) is 3.66. The molecule has 1 aliphatic heterocycles. The van der Waals surface area contributed by atoms with Gasteiger partial charge >= 0.3 is 0 Å². The van der Waals surface area contributed by atoms with E-state index in [0.717, 1.165) is 42.1 Å². The Balaban J connectivity index is 1.50. The molecule has 1 aliphatic rings. The summed E-state index contributed by atoms with van der Waals surface area (Å²) in [5.41, 5.74) is 3.41. The molecule has 4 nitrogen and oxygen atoms in total. The van der Waals surface area contributed by atoms with E-state index >= 15 is 0 Å². The summed E-state index contributed by atoms with van der Waals surface area (Å²) in [6.07, 6.45) is 2.90. The second-order valence-electron chi connectivity index (χ2n) is 5.64. The van der Waals surface area contributed by atoms with Gasteiger partial charge in [-0.05, 0) is 38.3 Å². The van der Waals surface area contributed by atoms with Crippen molar-refractivity contribution >= 4 is 17.2 Å². The van der Waals surface area contributed by atoms with Crippen LogP contribution in [0.1, 0.15) is 23.4 Å². The van der Waals surface area contributed by atoms with E-state index in [0.29, 0.717) is 6.54 Å². The van der Waals surface area contributed by atoms with E-state index in [1.54, 1.807) is 11.3 Å². The molecule has 2 heterocycles. The van der Waals surface area contributed by atoms with Gasteiger partial charge in [0.05, 0.1) is 16.7 Å². The molecule has 22 heavy (non-hydrogen) atoms. The van der Waals surface area contributed by atoms with Gasteiger partial charge in [0, 0.05) is 17.5 Å². The van der Waals surface area contributed by atoms with Gasteiger partial charge in [0.25, 0.3) is 0 Å². The maximum Gasteiger partial charge on any atom is 0.237 e. The molecule has 116 valence electrons. The zero-order chi connectivity index (χ0) is 15.4. The molecular weight excluding hydrogens is 294 g/mol. The van der Waals surface area contributed by atoms with Crippen molar-refractivity contribution in [2.45, 2.75) is 32.2 Å². The highest BCUT2D eigenvalue weighted by Crippen LogP contribution is 2.21. The molecule has 0 bridgehead atoms. The first-order valence-electron chi connectivity index (χ1n) is 7.75. The van der Waals surface area contributed by atoms with Crippen molar-refractivity contribution in [3.63, 3.8) is 0 Å². The van der Waals surface area contributed by atoms with E-state index in [4.69, 9.17) is 0 Å². The Labute approximate surface area is 135 Å². The number of thiazole rings is 1. The highest BCUT2D eigenvalue weighted by atomic mass is 32.1. The SMILES string of the molecule is Cc1nc(-c2ccc(CCNC(=O)C3CCCN3)cc2)cs1. The number of hydrogen-bond acceptors (Lipinski definition) is 4. The van der Waals surface area contributed by atoms with E-state index in [2.05, 4.69) is 45.3 Å². The second-order valence-corrected chi connectivity index (χ2v) is 6.70. The zero-order valence-corrected chi connectivity index (χ0v) is 13.6. The lowest BCUT2D eigenvalue weighted by Crippen LogP contribution is -2.41. The van der Waals surface area contributed by atoms with E-state index < -0.39 is 0 Å². The molecule has 2 aromatic rings. The average Bonchev–Trinajstić information content (AvgIpc) is 3.19. The Morgan fingerprint density at radius 1 is 1.41 bits per heavy atom. The van der Waals surface area contributed by atoms with Crippen molar-refractivity contribution in [2.75, 3.05) is 13.1 Å². The molecule has 0 spiro atoms. The summed E-state index contributed by atoms with van der Waals surface area (Å²) < 4.78 is 0. The summed E-state index contributed by atoms with van der Waals surface area (Å²) in [4.78, 5) is 16.4. The molecule has 1 amide bonds. The quantitative estimate of drug-likeness (QED) is 0.891. The first-order valence-corrected chi connectivity index (χ1v) is 8.63. The largest absolute Gasteiger partial charge is 0.354 e. The lowest BCUT2D eigenvalue weighted by Gasteiger charge is -2.11. The highest BCUT2D eigenvalue weighted by Gasteiger charge is 2.21. The normalized spacial score (nSPS) is 17.6. The number of nitrogens with one attached hydrogen (secondary N) is 2. The molecule has 1 aromatic carbocycles. The number of rotatable bonds is 5. The molecule has 0 saturated carbocycles. The van der Waals surface area contributed by atoms with Crippen LogP contribution in [-0.4, -0.2) is 30.0 Å². The van der Waals surface area contributed by atoms with Crippen molar-refractivity contribution in [3.05, 3.63) is 40.2 Å². The first-order chi connectivity index (χ1) is 10.7. The van der Waals surface area contributed by atoms with E-state index in [-0.39, 0.29) is 11.9 Å². The molecular formula is C17H21N3OS. The van der Waals surface area contributed by atoms with Gasteiger partial charge in [-0.15, -0.1) is 11.3 Å². The molecule has 1 atom stereocenters. The van der Waals surface area contributed by atoms with Crippen LogP contribution in [0, 0.1) is 6.92 Å². The van der Waals surface area contributed by atoms with Gasteiger partial charge in [-0.2, -0.15) is 0 Å². The van der Waals surface area contributed by atoms with Crippen molar-refractivity contribution < 1.29 is 4.79 Å². The maximum atomic E-state index is 11.9. The number of carbonyl (C=O) groups is 1. The Morgan fingerprint density at radius 2 is 2.23 bits per heavy atom. The minimum atomic E-state index is 0.00952. The number of benzene rings is 1. The smallest absolute Gasteiger partial charge is 0.237 e. The summed E-state index contributed by atoms with van der Waals surface area (Å²) in [6, 6.07) is 8.44. The van der Waals surface area contributed by atoms with Gasteiger partial charge in [-0.3, -0.25) is 4.79 Å². The number of hydrogen-bond donors (Lipinski definition) is 2. The topological polar surface area (TPSA) is 54.0 Å². The molecule has 1 aromatic heterocycles. The van der Waals surface area contributed by atoms with Gasteiger partial charge in [0.2, 0.25) is 5.91 Å². The fourth-order valence-electron chi connectivity index (χ4n) is 2.70. The fourth-order valence-corrected chi connectivity index (χ4v) is 3.32.